The lowest BCUT2D eigenvalue weighted by Gasteiger charge is -2.18. The second-order valence-corrected chi connectivity index (χ2v) is 17.8. The lowest BCUT2D eigenvalue weighted by molar-refractivity contribution is -0.167. The molecule has 0 fully saturated rings. The maximum absolute atomic E-state index is 12.8. The summed E-state index contributed by atoms with van der Waals surface area (Å²) in [6, 6.07) is 0. The Morgan fingerprint density at radius 1 is 0.303 bits per heavy atom. The molecule has 0 saturated carbocycles. The van der Waals surface area contributed by atoms with Crippen LogP contribution in [0.25, 0.3) is 0 Å². The van der Waals surface area contributed by atoms with Gasteiger partial charge in [-0.3, -0.25) is 14.4 Å². The van der Waals surface area contributed by atoms with Crippen molar-refractivity contribution in [3.05, 3.63) is 97.2 Å². The number of carbonyl (C=O) groups excluding carboxylic acids is 3. The number of unbranched alkanes of at least 4 members (excludes halogenated alkanes) is 21. The Hall–Kier alpha value is -3.67. The number of allylic oxidation sites excluding steroid dienone is 16. The van der Waals surface area contributed by atoms with Gasteiger partial charge in [-0.25, -0.2) is 0 Å². The highest BCUT2D eigenvalue weighted by Crippen LogP contribution is 2.13. The van der Waals surface area contributed by atoms with Gasteiger partial charge in [-0.05, 0) is 116 Å². The highest BCUT2D eigenvalue weighted by atomic mass is 16.6. The zero-order valence-electron chi connectivity index (χ0n) is 42.9. The summed E-state index contributed by atoms with van der Waals surface area (Å²) in [6.07, 6.45) is 71.0. The Bertz CT molecular complexity index is 1330. The van der Waals surface area contributed by atoms with Gasteiger partial charge in [-0.2, -0.15) is 0 Å². The smallest absolute Gasteiger partial charge is 0.306 e. The van der Waals surface area contributed by atoms with Crippen LogP contribution in [0.3, 0.4) is 0 Å². The Kier molecular flexibility index (Phi) is 50.9. The van der Waals surface area contributed by atoms with Crippen LogP contribution in [-0.4, -0.2) is 37.2 Å². The monoisotopic (exact) mass is 917 g/mol. The van der Waals surface area contributed by atoms with Crippen molar-refractivity contribution in [2.45, 2.75) is 252 Å². The largest absolute Gasteiger partial charge is 0.462 e. The Balaban J connectivity index is 4.51. The SMILES string of the molecule is CCCC/C=C\C/C=C\CCCCCCCC(=O)OC[C@H](COC(=O)CCC/C=C\C/C=C\C/C=C\C/C=C\CCCCC)OC(=O)CCCCCCCCC/C=C\C/C=C\CCCCC. The second-order valence-electron chi connectivity index (χ2n) is 17.8. The van der Waals surface area contributed by atoms with E-state index < -0.39 is 6.10 Å². The maximum atomic E-state index is 12.8. The summed E-state index contributed by atoms with van der Waals surface area (Å²) in [5.41, 5.74) is 0. The molecule has 0 aliphatic carbocycles. The zero-order chi connectivity index (χ0) is 47.9. The summed E-state index contributed by atoms with van der Waals surface area (Å²) in [4.78, 5) is 38.1. The van der Waals surface area contributed by atoms with Gasteiger partial charge in [0, 0.05) is 19.3 Å². The van der Waals surface area contributed by atoms with E-state index in [1.165, 1.54) is 96.3 Å². The van der Waals surface area contributed by atoms with E-state index >= 15 is 0 Å². The molecule has 0 amide bonds. The number of hydrogen-bond donors (Lipinski definition) is 0. The van der Waals surface area contributed by atoms with Crippen molar-refractivity contribution in [1.82, 2.24) is 0 Å². The predicted octanol–water partition coefficient (Wildman–Crippen LogP) is 18.1. The van der Waals surface area contributed by atoms with Crippen molar-refractivity contribution in [2.75, 3.05) is 13.2 Å². The van der Waals surface area contributed by atoms with E-state index in [2.05, 4.69) is 118 Å². The number of rotatable bonds is 48. The summed E-state index contributed by atoms with van der Waals surface area (Å²) in [5, 5.41) is 0. The van der Waals surface area contributed by atoms with Crippen molar-refractivity contribution in [3.63, 3.8) is 0 Å². The van der Waals surface area contributed by atoms with Crippen LogP contribution in [0.5, 0.6) is 0 Å². The van der Waals surface area contributed by atoms with Gasteiger partial charge in [0.05, 0.1) is 0 Å². The molecule has 0 rings (SSSR count). The minimum atomic E-state index is -0.810. The summed E-state index contributed by atoms with van der Waals surface area (Å²) in [6.45, 7) is 6.48. The lowest BCUT2D eigenvalue weighted by Crippen LogP contribution is -2.30. The molecule has 0 spiro atoms. The average Bonchev–Trinajstić information content (AvgIpc) is 3.31. The van der Waals surface area contributed by atoms with Gasteiger partial charge in [-0.15, -0.1) is 0 Å². The van der Waals surface area contributed by atoms with E-state index in [4.69, 9.17) is 14.2 Å². The molecule has 0 heterocycles. The van der Waals surface area contributed by atoms with Crippen LogP contribution in [0.2, 0.25) is 0 Å². The first kappa shape index (κ1) is 62.3. The highest BCUT2D eigenvalue weighted by molar-refractivity contribution is 5.71. The van der Waals surface area contributed by atoms with Crippen LogP contribution < -0.4 is 0 Å². The Morgan fingerprint density at radius 2 is 0.576 bits per heavy atom. The summed E-state index contributed by atoms with van der Waals surface area (Å²) >= 11 is 0. The molecule has 6 nitrogen and oxygen atoms in total. The molecule has 66 heavy (non-hydrogen) atoms. The Morgan fingerprint density at radius 3 is 0.955 bits per heavy atom. The highest BCUT2D eigenvalue weighted by Gasteiger charge is 2.19. The number of esters is 3. The maximum Gasteiger partial charge on any atom is 0.306 e. The average molecular weight is 917 g/mol. The molecule has 0 aliphatic rings. The number of ether oxygens (including phenoxy) is 3. The van der Waals surface area contributed by atoms with Crippen molar-refractivity contribution in [1.29, 1.82) is 0 Å². The fraction of sp³-hybridized carbons (Fsp3) is 0.683. The molecule has 0 radical (unpaired) electrons. The van der Waals surface area contributed by atoms with Crippen molar-refractivity contribution >= 4 is 17.9 Å². The van der Waals surface area contributed by atoms with E-state index in [1.54, 1.807) is 0 Å². The minimum Gasteiger partial charge on any atom is -0.462 e. The molecule has 0 aromatic carbocycles. The first-order valence-electron chi connectivity index (χ1n) is 27.2. The fourth-order valence-electron chi connectivity index (χ4n) is 7.13. The van der Waals surface area contributed by atoms with Gasteiger partial charge in [0.1, 0.15) is 13.2 Å². The van der Waals surface area contributed by atoms with Crippen molar-refractivity contribution in [3.8, 4) is 0 Å². The molecule has 0 bridgehead atoms. The van der Waals surface area contributed by atoms with Crippen LogP contribution in [-0.2, 0) is 28.6 Å². The summed E-state index contributed by atoms with van der Waals surface area (Å²) in [7, 11) is 0. The molecule has 0 aromatic heterocycles. The molecule has 0 unspecified atom stereocenters. The quantitative estimate of drug-likeness (QED) is 0.0262. The molecular formula is C60H100O6. The van der Waals surface area contributed by atoms with Gasteiger partial charge in [0.15, 0.2) is 6.10 Å². The van der Waals surface area contributed by atoms with Crippen LogP contribution in [0.4, 0.5) is 0 Å². The first-order chi connectivity index (χ1) is 32.5. The van der Waals surface area contributed by atoms with Gasteiger partial charge >= 0.3 is 17.9 Å². The molecule has 6 heteroatoms. The van der Waals surface area contributed by atoms with Crippen LogP contribution in [0.1, 0.15) is 245 Å². The van der Waals surface area contributed by atoms with E-state index in [1.807, 2.05) is 0 Å². The van der Waals surface area contributed by atoms with Gasteiger partial charge < -0.3 is 14.2 Å². The molecule has 0 aliphatic heterocycles. The molecule has 1 atom stereocenters. The number of hydrogen-bond acceptors (Lipinski definition) is 6. The fourth-order valence-corrected chi connectivity index (χ4v) is 7.13. The van der Waals surface area contributed by atoms with Crippen LogP contribution in [0, 0.1) is 0 Å². The van der Waals surface area contributed by atoms with Crippen LogP contribution >= 0.6 is 0 Å². The molecule has 376 valence electrons. The third-order valence-electron chi connectivity index (χ3n) is 11.3. The summed E-state index contributed by atoms with van der Waals surface area (Å²) in [5.74, 6) is -0.986. The second kappa shape index (κ2) is 53.9. The lowest BCUT2D eigenvalue weighted by atomic mass is 10.1. The predicted molar refractivity (Wildman–Crippen MR) is 284 cm³/mol. The van der Waals surface area contributed by atoms with E-state index in [0.717, 1.165) is 103 Å². The van der Waals surface area contributed by atoms with E-state index in [-0.39, 0.29) is 37.5 Å². The zero-order valence-corrected chi connectivity index (χ0v) is 42.9. The molecule has 0 N–H and O–H groups in total. The normalized spacial score (nSPS) is 12.8. The third kappa shape index (κ3) is 51.3. The van der Waals surface area contributed by atoms with E-state index in [9.17, 15) is 14.4 Å². The standard InChI is InChI=1S/C60H100O6/c1-4-7-10-13-16-19-22-25-28-30-32-35-38-41-44-47-50-53-59(62)65-56-57(55-64-58(61)52-49-46-43-40-37-34-27-24-21-18-15-12-9-6-3)66-60(63)54-51-48-45-42-39-36-33-31-29-26-23-20-17-14-11-8-5-2/h15-20,24-29,32,35,41,44,57H,4-14,21-23,30-31,33-34,36-40,42-43,45-56H2,1-3H3/b18-15-,19-16-,20-17-,27-24-,28-25-,29-26-,35-32-,44-41-/t57-/m1/s1. The van der Waals surface area contributed by atoms with Crippen molar-refractivity contribution in [2.24, 2.45) is 0 Å². The van der Waals surface area contributed by atoms with Gasteiger partial charge in [0.2, 0.25) is 0 Å². The Labute approximate surface area is 407 Å². The molecule has 0 saturated heterocycles. The van der Waals surface area contributed by atoms with Crippen molar-refractivity contribution < 1.29 is 28.6 Å². The van der Waals surface area contributed by atoms with Crippen LogP contribution in [0.15, 0.2) is 97.2 Å². The number of carbonyl (C=O) groups is 3. The molecular weight excluding hydrogens is 817 g/mol. The summed E-state index contributed by atoms with van der Waals surface area (Å²) < 4.78 is 16.8. The van der Waals surface area contributed by atoms with Gasteiger partial charge in [-0.1, -0.05) is 208 Å². The topological polar surface area (TPSA) is 78.9 Å². The first-order valence-corrected chi connectivity index (χ1v) is 27.2. The van der Waals surface area contributed by atoms with Gasteiger partial charge in [0.25, 0.3) is 0 Å². The molecule has 0 aromatic rings. The third-order valence-corrected chi connectivity index (χ3v) is 11.3. The minimum absolute atomic E-state index is 0.106. The van der Waals surface area contributed by atoms with E-state index in [0.29, 0.717) is 19.3 Å².